The minimum Gasteiger partial charge on any atom is -0.324 e. The number of aryl methyl sites for hydroxylation is 2. The molecule has 0 saturated carbocycles. The summed E-state index contributed by atoms with van der Waals surface area (Å²) >= 11 is 1.67. The highest BCUT2D eigenvalue weighted by Gasteiger charge is 2.42. The number of benzene rings is 2. The number of halogens is 3. The SMILES string of the molecule is Cc1cc(SCc2ccccc2)ccc1N1C=C(C(F)(F)F)C(c2cnc(C)n2C(C)C)=NC1N. The summed E-state index contributed by atoms with van der Waals surface area (Å²) in [6, 6.07) is 15.7. The van der Waals surface area contributed by atoms with E-state index >= 15 is 0 Å². The molecule has 1 atom stereocenters. The van der Waals surface area contributed by atoms with E-state index in [9.17, 15) is 13.2 Å². The second-order valence-corrected chi connectivity index (χ2v) is 9.76. The normalized spacial score (nSPS) is 16.5. The molecule has 3 aromatic rings. The summed E-state index contributed by atoms with van der Waals surface area (Å²) in [6.45, 7) is 7.42. The first-order chi connectivity index (χ1) is 16.6. The molecule has 1 aromatic heterocycles. The highest BCUT2D eigenvalue weighted by Crippen LogP contribution is 2.36. The molecule has 0 fully saturated rings. The smallest absolute Gasteiger partial charge is 0.324 e. The summed E-state index contributed by atoms with van der Waals surface area (Å²) in [5.41, 5.74) is 8.18. The van der Waals surface area contributed by atoms with Crippen molar-refractivity contribution in [1.29, 1.82) is 0 Å². The lowest BCUT2D eigenvalue weighted by atomic mass is 10.1. The first kappa shape index (κ1) is 25.1. The maximum atomic E-state index is 14.2. The molecule has 2 heterocycles. The number of anilines is 1. The van der Waals surface area contributed by atoms with E-state index < -0.39 is 18.0 Å². The molecule has 2 N–H and O–H groups in total. The summed E-state index contributed by atoms with van der Waals surface area (Å²) in [5.74, 6) is 1.42. The van der Waals surface area contributed by atoms with Gasteiger partial charge in [0.15, 0.2) is 6.29 Å². The molecule has 0 saturated heterocycles. The van der Waals surface area contributed by atoms with Crippen LogP contribution in [-0.4, -0.2) is 27.7 Å². The van der Waals surface area contributed by atoms with Gasteiger partial charge in [0.05, 0.1) is 17.5 Å². The zero-order valence-corrected chi connectivity index (χ0v) is 20.9. The van der Waals surface area contributed by atoms with E-state index in [0.717, 1.165) is 22.4 Å². The lowest BCUT2D eigenvalue weighted by Crippen LogP contribution is -2.44. The van der Waals surface area contributed by atoms with Crippen LogP contribution in [0.2, 0.25) is 0 Å². The number of allylic oxidation sites excluding steroid dienone is 1. The quantitative estimate of drug-likeness (QED) is 0.400. The summed E-state index contributed by atoms with van der Waals surface area (Å²) < 4.78 is 44.4. The molecule has 184 valence electrons. The molecule has 1 aliphatic heterocycles. The van der Waals surface area contributed by atoms with Crippen molar-refractivity contribution in [3.8, 4) is 0 Å². The second-order valence-electron chi connectivity index (χ2n) is 8.72. The van der Waals surface area contributed by atoms with Gasteiger partial charge in [0.1, 0.15) is 11.5 Å². The molecule has 9 heteroatoms. The fraction of sp³-hybridized carbons (Fsp3) is 0.308. The Balaban J connectivity index is 1.66. The van der Waals surface area contributed by atoms with Crippen LogP contribution >= 0.6 is 11.8 Å². The van der Waals surface area contributed by atoms with Crippen molar-refractivity contribution in [2.45, 2.75) is 56.9 Å². The minimum atomic E-state index is -4.61. The van der Waals surface area contributed by atoms with E-state index in [1.54, 1.807) is 29.3 Å². The largest absolute Gasteiger partial charge is 0.419 e. The van der Waals surface area contributed by atoms with Gasteiger partial charge in [-0.2, -0.15) is 13.2 Å². The van der Waals surface area contributed by atoms with Crippen LogP contribution in [0, 0.1) is 13.8 Å². The van der Waals surface area contributed by atoms with Gasteiger partial charge in [-0.05, 0) is 57.0 Å². The molecule has 0 spiro atoms. The van der Waals surface area contributed by atoms with E-state index in [2.05, 4.69) is 22.1 Å². The second kappa shape index (κ2) is 9.91. The van der Waals surface area contributed by atoms with Crippen LogP contribution in [0.25, 0.3) is 0 Å². The zero-order chi connectivity index (χ0) is 25.3. The van der Waals surface area contributed by atoms with Crippen molar-refractivity contribution >= 4 is 23.2 Å². The van der Waals surface area contributed by atoms with Crippen molar-refractivity contribution < 1.29 is 13.2 Å². The third kappa shape index (κ3) is 5.31. The Morgan fingerprint density at radius 2 is 1.80 bits per heavy atom. The topological polar surface area (TPSA) is 59.4 Å². The maximum absolute atomic E-state index is 14.2. The van der Waals surface area contributed by atoms with Crippen molar-refractivity contribution in [3.63, 3.8) is 0 Å². The van der Waals surface area contributed by atoms with E-state index in [1.807, 2.05) is 51.1 Å². The maximum Gasteiger partial charge on any atom is 0.419 e. The van der Waals surface area contributed by atoms with Gasteiger partial charge in [-0.25, -0.2) is 9.98 Å². The number of aliphatic imine (C=N–C) groups is 1. The van der Waals surface area contributed by atoms with Crippen molar-refractivity contribution in [3.05, 3.63) is 89.1 Å². The number of hydrogen-bond donors (Lipinski definition) is 1. The molecule has 1 unspecified atom stereocenters. The number of aromatic nitrogens is 2. The Morgan fingerprint density at radius 3 is 2.43 bits per heavy atom. The van der Waals surface area contributed by atoms with Crippen LogP contribution in [0.4, 0.5) is 18.9 Å². The van der Waals surface area contributed by atoms with Gasteiger partial charge in [-0.15, -0.1) is 11.8 Å². The summed E-state index contributed by atoms with van der Waals surface area (Å²) in [6.07, 6.45) is -3.12. The first-order valence-electron chi connectivity index (χ1n) is 11.3. The van der Waals surface area contributed by atoms with Crippen LogP contribution in [0.3, 0.4) is 0 Å². The fourth-order valence-electron chi connectivity index (χ4n) is 4.19. The van der Waals surface area contributed by atoms with Crippen LogP contribution < -0.4 is 10.6 Å². The third-order valence-electron chi connectivity index (χ3n) is 5.81. The summed E-state index contributed by atoms with van der Waals surface area (Å²) in [4.78, 5) is 11.0. The molecule has 1 aliphatic rings. The number of imidazole rings is 1. The number of rotatable bonds is 6. The fourth-order valence-corrected chi connectivity index (χ4v) is 5.14. The number of thioether (sulfide) groups is 1. The first-order valence-corrected chi connectivity index (χ1v) is 12.3. The van der Waals surface area contributed by atoms with Crippen LogP contribution in [0.15, 0.2) is 76.4 Å². The van der Waals surface area contributed by atoms with Crippen LogP contribution in [0.5, 0.6) is 0 Å². The zero-order valence-electron chi connectivity index (χ0n) is 20.0. The molecule has 0 bridgehead atoms. The predicted molar refractivity (Wildman–Crippen MR) is 136 cm³/mol. The molecule has 5 nitrogen and oxygen atoms in total. The standard InChI is InChI=1S/C26H28F3N5S/c1-16(2)34-18(4)31-13-23(34)24-21(26(27,28)29)14-33(25(30)32-24)22-11-10-20(12-17(22)3)35-15-19-8-6-5-7-9-19/h5-14,16,25H,15,30H2,1-4H3. The van der Waals surface area contributed by atoms with Gasteiger partial charge in [0, 0.05) is 28.6 Å². The number of alkyl halides is 3. The Bertz CT molecular complexity index is 1260. The molecule has 35 heavy (non-hydrogen) atoms. The minimum absolute atomic E-state index is 0.0814. The average molecular weight is 500 g/mol. The third-order valence-corrected chi connectivity index (χ3v) is 6.88. The summed E-state index contributed by atoms with van der Waals surface area (Å²) in [5, 5.41) is 0. The van der Waals surface area contributed by atoms with E-state index in [1.165, 1.54) is 16.7 Å². The van der Waals surface area contributed by atoms with Gasteiger partial charge in [-0.3, -0.25) is 5.73 Å². The molecule has 2 aromatic carbocycles. The Hall–Kier alpha value is -3.04. The van der Waals surface area contributed by atoms with Gasteiger partial charge in [0.25, 0.3) is 0 Å². The number of nitrogens with zero attached hydrogens (tertiary/aromatic N) is 4. The van der Waals surface area contributed by atoms with Gasteiger partial charge in [0.2, 0.25) is 0 Å². The monoisotopic (exact) mass is 499 g/mol. The molecule has 0 aliphatic carbocycles. The lowest BCUT2D eigenvalue weighted by molar-refractivity contribution is -0.0865. The van der Waals surface area contributed by atoms with Crippen molar-refractivity contribution in [2.75, 3.05) is 4.90 Å². The van der Waals surface area contributed by atoms with Crippen LogP contribution in [0.1, 0.15) is 42.5 Å². The van der Waals surface area contributed by atoms with Gasteiger partial charge in [-0.1, -0.05) is 30.3 Å². The number of nitrogens with two attached hydrogens (primary N) is 1. The van der Waals surface area contributed by atoms with Crippen LogP contribution in [-0.2, 0) is 5.75 Å². The summed E-state index contributed by atoms with van der Waals surface area (Å²) in [7, 11) is 0. The van der Waals surface area contributed by atoms with E-state index in [4.69, 9.17) is 5.73 Å². The molecule has 0 amide bonds. The number of hydrogen-bond acceptors (Lipinski definition) is 5. The highest BCUT2D eigenvalue weighted by atomic mass is 32.2. The van der Waals surface area contributed by atoms with E-state index in [0.29, 0.717) is 17.2 Å². The highest BCUT2D eigenvalue weighted by molar-refractivity contribution is 7.98. The Labute approximate surface area is 207 Å². The van der Waals surface area contributed by atoms with E-state index in [-0.39, 0.29) is 11.8 Å². The van der Waals surface area contributed by atoms with Gasteiger partial charge >= 0.3 is 6.18 Å². The van der Waals surface area contributed by atoms with Crippen molar-refractivity contribution in [2.24, 2.45) is 10.7 Å². The molecular weight excluding hydrogens is 471 g/mol. The van der Waals surface area contributed by atoms with Gasteiger partial charge < -0.3 is 9.47 Å². The lowest BCUT2D eigenvalue weighted by Gasteiger charge is -2.33. The molecule has 4 rings (SSSR count). The Morgan fingerprint density at radius 1 is 1.09 bits per heavy atom. The predicted octanol–water partition coefficient (Wildman–Crippen LogP) is 6.37. The Kier molecular flexibility index (Phi) is 7.10. The average Bonchev–Trinajstić information content (AvgIpc) is 3.19. The van der Waals surface area contributed by atoms with Crippen molar-refractivity contribution in [1.82, 2.24) is 9.55 Å². The molecule has 0 radical (unpaired) electrons. The molecular formula is C26H28F3N5S.